The van der Waals surface area contributed by atoms with Crippen LogP contribution in [0.15, 0.2) is 103 Å². The molecule has 0 unspecified atom stereocenters. The van der Waals surface area contributed by atoms with E-state index in [0.717, 1.165) is 36.0 Å². The molecule has 0 amide bonds. The molecule has 4 aromatic rings. The number of alkyl halides is 3. The zero-order valence-electron chi connectivity index (χ0n) is 23.6. The summed E-state index contributed by atoms with van der Waals surface area (Å²) in [6, 6.07) is 32.8. The van der Waals surface area contributed by atoms with Crippen molar-refractivity contribution in [2.75, 3.05) is 37.7 Å². The van der Waals surface area contributed by atoms with Gasteiger partial charge in [-0.15, -0.1) is 0 Å². The van der Waals surface area contributed by atoms with E-state index in [1.54, 1.807) is 6.07 Å². The first-order chi connectivity index (χ1) is 20.4. The summed E-state index contributed by atoms with van der Waals surface area (Å²) in [5.41, 5.74) is 3.15. The predicted octanol–water partition coefficient (Wildman–Crippen LogP) is 9.06. The molecular formula is C35H36ClF3N2O. The number of benzene rings is 4. The van der Waals surface area contributed by atoms with Crippen LogP contribution in [0.5, 0.6) is 5.75 Å². The maximum absolute atomic E-state index is 13.6. The Labute approximate surface area is 251 Å². The van der Waals surface area contributed by atoms with Crippen LogP contribution in [0.1, 0.15) is 47.4 Å². The van der Waals surface area contributed by atoms with E-state index in [4.69, 9.17) is 16.3 Å². The van der Waals surface area contributed by atoms with Gasteiger partial charge in [0.25, 0.3) is 0 Å². The van der Waals surface area contributed by atoms with E-state index in [9.17, 15) is 13.2 Å². The van der Waals surface area contributed by atoms with Crippen molar-refractivity contribution in [1.82, 2.24) is 4.90 Å². The van der Waals surface area contributed by atoms with E-state index in [0.29, 0.717) is 38.2 Å². The van der Waals surface area contributed by atoms with Crippen molar-refractivity contribution in [3.8, 4) is 5.75 Å². The molecule has 0 bridgehead atoms. The first-order valence-electron chi connectivity index (χ1n) is 14.5. The minimum Gasteiger partial charge on any atom is -0.493 e. The molecule has 0 N–H and O–H groups in total. The number of anilines is 1. The van der Waals surface area contributed by atoms with Gasteiger partial charge in [0.05, 0.1) is 17.2 Å². The van der Waals surface area contributed by atoms with Gasteiger partial charge in [-0.3, -0.25) is 4.90 Å². The molecule has 0 atom stereocenters. The largest absolute Gasteiger partial charge is 0.493 e. The molecule has 3 nitrogen and oxygen atoms in total. The molecule has 1 fully saturated rings. The molecule has 42 heavy (non-hydrogen) atoms. The second-order valence-corrected chi connectivity index (χ2v) is 11.2. The highest BCUT2D eigenvalue weighted by Gasteiger charge is 2.34. The van der Waals surface area contributed by atoms with Crippen LogP contribution in [-0.4, -0.2) is 37.7 Å². The second kappa shape index (κ2) is 14.1. The summed E-state index contributed by atoms with van der Waals surface area (Å²) in [5, 5.41) is -0.235. The lowest BCUT2D eigenvalue weighted by atomic mass is 9.90. The van der Waals surface area contributed by atoms with Crippen molar-refractivity contribution in [3.63, 3.8) is 0 Å². The smallest absolute Gasteiger partial charge is 0.417 e. The van der Waals surface area contributed by atoms with Crippen molar-refractivity contribution in [2.45, 2.75) is 37.9 Å². The average molecular weight is 593 g/mol. The summed E-state index contributed by atoms with van der Waals surface area (Å²) in [5.74, 6) is 0.869. The highest BCUT2D eigenvalue weighted by molar-refractivity contribution is 6.32. The minimum absolute atomic E-state index is 0.0371. The molecule has 0 saturated carbocycles. The molecule has 0 radical (unpaired) electrons. The topological polar surface area (TPSA) is 15.7 Å². The normalized spacial score (nSPS) is 13.7. The third kappa shape index (κ3) is 7.87. The van der Waals surface area contributed by atoms with Gasteiger partial charge >= 0.3 is 6.18 Å². The molecule has 0 aromatic heterocycles. The molecule has 4 aromatic carbocycles. The van der Waals surface area contributed by atoms with Crippen molar-refractivity contribution >= 4 is 17.3 Å². The third-order valence-electron chi connectivity index (χ3n) is 7.80. The fraction of sp³-hybridized carbons (Fsp3) is 0.314. The third-order valence-corrected chi connectivity index (χ3v) is 8.25. The van der Waals surface area contributed by atoms with Gasteiger partial charge < -0.3 is 9.64 Å². The van der Waals surface area contributed by atoms with Crippen molar-refractivity contribution in [1.29, 1.82) is 0 Å². The van der Waals surface area contributed by atoms with Gasteiger partial charge in [0.2, 0.25) is 0 Å². The fourth-order valence-electron chi connectivity index (χ4n) is 5.65. The zero-order chi connectivity index (χ0) is 29.4. The highest BCUT2D eigenvalue weighted by atomic mass is 35.5. The monoisotopic (exact) mass is 592 g/mol. The summed E-state index contributed by atoms with van der Waals surface area (Å²) in [6.07, 6.45) is -1.37. The number of nitrogens with zero attached hydrogens (tertiary/aromatic N) is 2. The van der Waals surface area contributed by atoms with E-state index in [1.807, 2.05) is 48.5 Å². The van der Waals surface area contributed by atoms with Crippen LogP contribution in [0.25, 0.3) is 0 Å². The molecule has 1 saturated heterocycles. The highest BCUT2D eigenvalue weighted by Crippen LogP contribution is 2.37. The quantitative estimate of drug-likeness (QED) is 0.153. The fourth-order valence-corrected chi connectivity index (χ4v) is 5.95. The number of hydrogen-bond donors (Lipinski definition) is 0. The van der Waals surface area contributed by atoms with Crippen LogP contribution < -0.4 is 9.64 Å². The van der Waals surface area contributed by atoms with Crippen molar-refractivity contribution in [3.05, 3.63) is 130 Å². The Balaban J connectivity index is 1.33. The van der Waals surface area contributed by atoms with Crippen LogP contribution in [0, 0.1) is 0 Å². The first-order valence-corrected chi connectivity index (χ1v) is 14.9. The Kier molecular flexibility index (Phi) is 10.1. The molecule has 220 valence electrons. The van der Waals surface area contributed by atoms with Crippen molar-refractivity contribution < 1.29 is 17.9 Å². The number of halogens is 4. The summed E-state index contributed by atoms with van der Waals surface area (Å²) >= 11 is 6.34. The molecule has 7 heteroatoms. The van der Waals surface area contributed by atoms with Gasteiger partial charge in [-0.25, -0.2) is 0 Å². The van der Waals surface area contributed by atoms with E-state index in [1.165, 1.54) is 24.6 Å². The Bertz CT molecular complexity index is 1370. The molecule has 0 aliphatic carbocycles. The Hall–Kier alpha value is -3.48. The average Bonchev–Trinajstić information content (AvgIpc) is 3.55. The number of ether oxygens (including phenoxy) is 1. The second-order valence-electron chi connectivity index (χ2n) is 10.8. The maximum atomic E-state index is 13.6. The Morgan fingerprint density at radius 2 is 1.45 bits per heavy atom. The van der Waals surface area contributed by atoms with E-state index < -0.39 is 11.7 Å². The van der Waals surface area contributed by atoms with Crippen LogP contribution in [0.2, 0.25) is 5.02 Å². The SMILES string of the molecule is FC(F)(F)c1cccc(CN(CCCOc2cccc(N3CCCC3)c2)CC(c2ccccc2)c2ccccc2)c1Cl. The standard InChI is InChI=1S/C35H36ClF3N2O/c36-34-29(16-9-19-33(34)35(37,38)39)25-40(26-32(27-12-3-1-4-13-27)28-14-5-2-6-15-28)20-11-23-42-31-18-10-17-30(24-31)41-21-7-8-22-41/h1-6,9-10,12-19,24,32H,7-8,11,20-23,25-26H2. The summed E-state index contributed by atoms with van der Waals surface area (Å²) in [4.78, 5) is 4.57. The number of rotatable bonds is 12. The first kappa shape index (κ1) is 30.0. The Morgan fingerprint density at radius 3 is 2.10 bits per heavy atom. The lowest BCUT2D eigenvalue weighted by Gasteiger charge is -2.29. The van der Waals surface area contributed by atoms with Gasteiger partial charge in [-0.1, -0.05) is 90.5 Å². The number of hydrogen-bond acceptors (Lipinski definition) is 3. The minimum atomic E-state index is -4.51. The van der Waals surface area contributed by atoms with Gasteiger partial charge in [-0.05, 0) is 54.2 Å². The van der Waals surface area contributed by atoms with Crippen molar-refractivity contribution in [2.24, 2.45) is 0 Å². The molecule has 5 rings (SSSR count). The van der Waals surface area contributed by atoms with Gasteiger partial charge in [0.1, 0.15) is 5.75 Å². The van der Waals surface area contributed by atoms with Gasteiger partial charge in [0, 0.05) is 50.4 Å². The van der Waals surface area contributed by atoms with E-state index >= 15 is 0 Å². The molecule has 1 heterocycles. The Morgan fingerprint density at radius 1 is 0.810 bits per heavy atom. The van der Waals surface area contributed by atoms with E-state index in [-0.39, 0.29) is 10.9 Å². The molecule has 0 spiro atoms. The lowest BCUT2D eigenvalue weighted by molar-refractivity contribution is -0.137. The lowest BCUT2D eigenvalue weighted by Crippen LogP contribution is -2.31. The van der Waals surface area contributed by atoms with Crippen LogP contribution >= 0.6 is 11.6 Å². The maximum Gasteiger partial charge on any atom is 0.417 e. The van der Waals surface area contributed by atoms with Gasteiger partial charge in [-0.2, -0.15) is 13.2 Å². The van der Waals surface area contributed by atoms with Crippen LogP contribution in [0.4, 0.5) is 18.9 Å². The van der Waals surface area contributed by atoms with E-state index in [2.05, 4.69) is 46.2 Å². The summed E-state index contributed by atoms with van der Waals surface area (Å²) in [7, 11) is 0. The zero-order valence-corrected chi connectivity index (χ0v) is 24.3. The van der Waals surface area contributed by atoms with Gasteiger partial charge in [0.15, 0.2) is 0 Å². The summed E-state index contributed by atoms with van der Waals surface area (Å²) < 4.78 is 47.1. The summed E-state index contributed by atoms with van der Waals surface area (Å²) in [6.45, 7) is 4.18. The molecule has 1 aliphatic rings. The molecule has 1 aliphatic heterocycles. The van der Waals surface area contributed by atoms with Crippen LogP contribution in [-0.2, 0) is 12.7 Å². The van der Waals surface area contributed by atoms with Crippen LogP contribution in [0.3, 0.4) is 0 Å². The molecular weight excluding hydrogens is 557 g/mol. The predicted molar refractivity (Wildman–Crippen MR) is 164 cm³/mol.